The lowest BCUT2D eigenvalue weighted by Crippen LogP contribution is -2.11. The van der Waals surface area contributed by atoms with E-state index in [9.17, 15) is 14.3 Å². The van der Waals surface area contributed by atoms with Crippen molar-refractivity contribution in [2.45, 2.75) is 12.8 Å². The molecule has 7 heteroatoms. The van der Waals surface area contributed by atoms with Gasteiger partial charge in [-0.05, 0) is 36.3 Å². The minimum Gasteiger partial charge on any atom is -0.505 e. The van der Waals surface area contributed by atoms with Gasteiger partial charge in [0.2, 0.25) is 5.91 Å². The molecule has 1 aromatic carbocycles. The number of phenolic OH excluding ortho intramolecular Hbond substituents is 1. The number of aromatic nitrogens is 2. The highest BCUT2D eigenvalue weighted by molar-refractivity contribution is 5.86. The second-order valence-corrected chi connectivity index (χ2v) is 5.82. The number of H-pyrrole nitrogens is 1. The van der Waals surface area contributed by atoms with Gasteiger partial charge in [-0.1, -0.05) is 18.7 Å². The van der Waals surface area contributed by atoms with Crippen LogP contribution in [0, 0.1) is 5.82 Å². The van der Waals surface area contributed by atoms with Crippen LogP contribution in [-0.4, -0.2) is 27.8 Å². The first-order valence-corrected chi connectivity index (χ1v) is 8.17. The Kier molecular flexibility index (Phi) is 5.17. The maximum absolute atomic E-state index is 13.4. The van der Waals surface area contributed by atoms with Crippen molar-refractivity contribution in [1.82, 2.24) is 15.5 Å². The summed E-state index contributed by atoms with van der Waals surface area (Å²) in [5.41, 5.74) is 2.99. The van der Waals surface area contributed by atoms with Crippen LogP contribution in [0.25, 0.3) is 11.3 Å². The Morgan fingerprint density at radius 2 is 2.23 bits per heavy atom. The van der Waals surface area contributed by atoms with Gasteiger partial charge in [0.25, 0.3) is 0 Å². The predicted octanol–water partition coefficient (Wildman–Crippen LogP) is 3.24. The molecular weight excluding hydrogens is 335 g/mol. The zero-order valence-corrected chi connectivity index (χ0v) is 14.1. The summed E-state index contributed by atoms with van der Waals surface area (Å²) in [4.78, 5) is 11.5. The molecule has 0 spiro atoms. The third-order valence-electron chi connectivity index (χ3n) is 3.93. The van der Waals surface area contributed by atoms with Gasteiger partial charge in [0, 0.05) is 23.9 Å². The summed E-state index contributed by atoms with van der Waals surface area (Å²) < 4.78 is 13.4. The van der Waals surface area contributed by atoms with Crippen molar-refractivity contribution in [3.8, 4) is 17.0 Å². The van der Waals surface area contributed by atoms with Gasteiger partial charge in [0.05, 0.1) is 12.1 Å². The molecule has 0 saturated carbocycles. The van der Waals surface area contributed by atoms with Crippen LogP contribution in [-0.2, 0) is 4.79 Å². The number of aromatic hydroxyl groups is 1. The monoisotopic (exact) mass is 354 g/mol. The van der Waals surface area contributed by atoms with Gasteiger partial charge >= 0.3 is 0 Å². The van der Waals surface area contributed by atoms with Crippen molar-refractivity contribution >= 4 is 11.7 Å². The number of halogens is 1. The molecule has 0 atom stereocenters. The molecule has 0 aliphatic carbocycles. The molecule has 134 valence electrons. The molecule has 1 amide bonds. The van der Waals surface area contributed by atoms with Crippen molar-refractivity contribution in [3.63, 3.8) is 0 Å². The van der Waals surface area contributed by atoms with Gasteiger partial charge in [-0.25, -0.2) is 4.39 Å². The van der Waals surface area contributed by atoms with Crippen LogP contribution in [0.15, 0.2) is 60.3 Å². The zero-order chi connectivity index (χ0) is 18.5. The Labute approximate surface area is 150 Å². The van der Waals surface area contributed by atoms with E-state index in [0.717, 1.165) is 17.7 Å². The Bertz CT molecular complexity index is 899. The number of allylic oxidation sites excluding steroid dienone is 3. The standard InChI is InChI=1S/C19H19FN4O2/c1-2-4-15-12(10-19(26)22-15)5-3-8-21-18-11-16(23-24-18)13-6-7-17(25)14(20)9-13/h2,4-7,9,11,25H,1,3,8,10H2,(H,22,26)(H2,21,23,24)/b12-5-,15-4+. The zero-order valence-electron chi connectivity index (χ0n) is 14.1. The maximum Gasteiger partial charge on any atom is 0.228 e. The molecule has 1 saturated heterocycles. The molecule has 26 heavy (non-hydrogen) atoms. The Balaban J connectivity index is 1.58. The van der Waals surface area contributed by atoms with E-state index >= 15 is 0 Å². The van der Waals surface area contributed by atoms with E-state index < -0.39 is 5.82 Å². The minimum atomic E-state index is -0.679. The highest BCUT2D eigenvalue weighted by Gasteiger charge is 2.19. The average molecular weight is 354 g/mol. The summed E-state index contributed by atoms with van der Waals surface area (Å²) in [6.07, 6.45) is 6.52. The topological polar surface area (TPSA) is 90.0 Å². The molecular formula is C19H19FN4O2. The summed E-state index contributed by atoms with van der Waals surface area (Å²) in [6.45, 7) is 4.27. The van der Waals surface area contributed by atoms with Crippen LogP contribution < -0.4 is 10.6 Å². The molecule has 0 unspecified atom stereocenters. The van der Waals surface area contributed by atoms with E-state index in [-0.39, 0.29) is 11.7 Å². The van der Waals surface area contributed by atoms with Crippen LogP contribution in [0.5, 0.6) is 5.75 Å². The Morgan fingerprint density at radius 3 is 3.00 bits per heavy atom. The molecule has 2 heterocycles. The molecule has 0 radical (unpaired) electrons. The van der Waals surface area contributed by atoms with E-state index in [2.05, 4.69) is 27.4 Å². The Morgan fingerprint density at radius 1 is 1.38 bits per heavy atom. The van der Waals surface area contributed by atoms with Crippen LogP contribution in [0.1, 0.15) is 12.8 Å². The number of carbonyl (C=O) groups is 1. The van der Waals surface area contributed by atoms with Crippen molar-refractivity contribution < 1.29 is 14.3 Å². The molecule has 3 rings (SSSR count). The Hall–Kier alpha value is -3.35. The first-order valence-electron chi connectivity index (χ1n) is 8.17. The second-order valence-electron chi connectivity index (χ2n) is 5.82. The number of nitrogens with one attached hydrogen (secondary N) is 3. The predicted molar refractivity (Wildman–Crippen MR) is 97.9 cm³/mol. The minimum absolute atomic E-state index is 0.0182. The molecule has 6 nitrogen and oxygen atoms in total. The molecule has 0 bridgehead atoms. The van der Waals surface area contributed by atoms with Crippen LogP contribution in [0.4, 0.5) is 10.2 Å². The van der Waals surface area contributed by atoms with Gasteiger partial charge in [-0.15, -0.1) is 0 Å². The van der Waals surface area contributed by atoms with Crippen LogP contribution >= 0.6 is 0 Å². The fourth-order valence-corrected chi connectivity index (χ4v) is 2.67. The van der Waals surface area contributed by atoms with Crippen molar-refractivity contribution in [2.75, 3.05) is 11.9 Å². The third kappa shape index (κ3) is 4.00. The molecule has 1 fully saturated rings. The highest BCUT2D eigenvalue weighted by atomic mass is 19.1. The number of phenols is 1. The number of anilines is 1. The van der Waals surface area contributed by atoms with Crippen LogP contribution in [0.3, 0.4) is 0 Å². The highest BCUT2D eigenvalue weighted by Crippen LogP contribution is 2.25. The molecule has 1 aromatic heterocycles. The first-order chi connectivity index (χ1) is 12.6. The number of benzene rings is 1. The van der Waals surface area contributed by atoms with Gasteiger partial charge in [-0.2, -0.15) is 5.10 Å². The third-order valence-corrected chi connectivity index (χ3v) is 3.93. The van der Waals surface area contributed by atoms with E-state index in [0.29, 0.717) is 30.0 Å². The molecule has 1 aliphatic heterocycles. The van der Waals surface area contributed by atoms with Gasteiger partial charge in [0.1, 0.15) is 5.82 Å². The molecule has 2 aromatic rings. The van der Waals surface area contributed by atoms with E-state index in [1.54, 1.807) is 24.3 Å². The average Bonchev–Trinajstić information content (AvgIpc) is 3.21. The summed E-state index contributed by atoms with van der Waals surface area (Å²) in [6, 6.07) is 5.92. The normalized spacial score (nSPS) is 16.9. The summed E-state index contributed by atoms with van der Waals surface area (Å²) >= 11 is 0. The SMILES string of the molecule is C=C/C=C1/NC(=O)C/C1=C/CCNc1cc(-c2ccc(O)c(F)c2)[nH]n1. The summed E-state index contributed by atoms with van der Waals surface area (Å²) in [5.74, 6) is -0.449. The lowest BCUT2D eigenvalue weighted by atomic mass is 10.1. The number of hydrogen-bond acceptors (Lipinski definition) is 4. The van der Waals surface area contributed by atoms with Crippen molar-refractivity contribution in [3.05, 3.63) is 66.2 Å². The van der Waals surface area contributed by atoms with E-state index in [1.165, 1.54) is 12.1 Å². The second kappa shape index (κ2) is 7.69. The summed E-state index contributed by atoms with van der Waals surface area (Å²) in [7, 11) is 0. The number of hydrogen-bond donors (Lipinski definition) is 4. The number of nitrogens with zero attached hydrogens (tertiary/aromatic N) is 1. The smallest absolute Gasteiger partial charge is 0.228 e. The quantitative estimate of drug-likeness (QED) is 0.600. The lowest BCUT2D eigenvalue weighted by molar-refractivity contribution is -0.118. The number of aromatic amines is 1. The number of rotatable bonds is 6. The lowest BCUT2D eigenvalue weighted by Gasteiger charge is -2.01. The summed E-state index contributed by atoms with van der Waals surface area (Å²) in [5, 5.41) is 22.2. The van der Waals surface area contributed by atoms with E-state index in [1.807, 2.05) is 6.08 Å². The fraction of sp³-hybridized carbons (Fsp3) is 0.158. The number of amides is 1. The van der Waals surface area contributed by atoms with Crippen molar-refractivity contribution in [2.24, 2.45) is 0 Å². The van der Waals surface area contributed by atoms with E-state index in [4.69, 9.17) is 0 Å². The van der Waals surface area contributed by atoms with Gasteiger partial charge in [-0.3, -0.25) is 9.89 Å². The van der Waals surface area contributed by atoms with Gasteiger partial charge < -0.3 is 15.7 Å². The first kappa shape index (κ1) is 17.5. The molecule has 4 N–H and O–H groups in total. The van der Waals surface area contributed by atoms with Crippen molar-refractivity contribution in [1.29, 1.82) is 0 Å². The molecule has 1 aliphatic rings. The van der Waals surface area contributed by atoms with Gasteiger partial charge in [0.15, 0.2) is 11.6 Å². The van der Waals surface area contributed by atoms with Crippen LogP contribution in [0.2, 0.25) is 0 Å². The number of carbonyl (C=O) groups excluding carboxylic acids is 1. The maximum atomic E-state index is 13.4. The largest absolute Gasteiger partial charge is 0.505 e. The fourth-order valence-electron chi connectivity index (χ4n) is 2.67.